The van der Waals surface area contributed by atoms with Crippen LogP contribution in [-0.4, -0.2) is 47.1 Å². The molecule has 2 rings (SSSR count). The number of carboxylic acids is 1. The van der Waals surface area contributed by atoms with E-state index in [1.807, 2.05) is 0 Å². The fourth-order valence-corrected chi connectivity index (χ4v) is 1.73. The largest absolute Gasteiger partial charge is 0.477 e. The number of aromatic carboxylic acids is 1. The number of aromatic nitrogens is 1. The van der Waals surface area contributed by atoms with E-state index in [1.54, 1.807) is 12.1 Å². The molecule has 17 heavy (non-hydrogen) atoms. The van der Waals surface area contributed by atoms with E-state index in [0.29, 0.717) is 0 Å². The highest BCUT2D eigenvalue weighted by molar-refractivity contribution is 5.86. The van der Waals surface area contributed by atoms with Crippen molar-refractivity contribution >= 4 is 11.7 Å². The van der Waals surface area contributed by atoms with Crippen LogP contribution in [0.3, 0.4) is 0 Å². The summed E-state index contributed by atoms with van der Waals surface area (Å²) >= 11 is 0. The first-order valence-electron chi connectivity index (χ1n) is 5.80. The van der Waals surface area contributed by atoms with Crippen molar-refractivity contribution < 1.29 is 9.90 Å². The maximum absolute atomic E-state index is 10.7. The van der Waals surface area contributed by atoms with Gasteiger partial charge in [-0.1, -0.05) is 0 Å². The Balaban J connectivity index is 1.81. The Morgan fingerprint density at radius 2 is 2.41 bits per heavy atom. The zero-order chi connectivity index (χ0) is 12.3. The van der Waals surface area contributed by atoms with Gasteiger partial charge in [0.25, 0.3) is 0 Å². The average molecular weight is 235 g/mol. The van der Waals surface area contributed by atoms with Crippen molar-refractivity contribution in [2.45, 2.75) is 18.9 Å². The predicted octanol–water partition coefficient (Wildman–Crippen LogP) is 1.29. The van der Waals surface area contributed by atoms with Crippen LogP contribution < -0.4 is 5.32 Å². The standard InChI is InChI=1S/C12H17N3O2/c1-15(10-2-3-10)7-6-13-9-4-5-14-11(8-9)12(16)17/h4-5,8,10H,2-3,6-7H2,1H3,(H,13,14)(H,16,17). The molecule has 1 aliphatic rings. The van der Waals surface area contributed by atoms with Crippen molar-refractivity contribution in [1.29, 1.82) is 0 Å². The molecular formula is C12H17N3O2. The van der Waals surface area contributed by atoms with Gasteiger partial charge in [0.15, 0.2) is 0 Å². The molecule has 1 aromatic rings. The third-order valence-corrected chi connectivity index (χ3v) is 2.94. The topological polar surface area (TPSA) is 65.5 Å². The summed E-state index contributed by atoms with van der Waals surface area (Å²) in [4.78, 5) is 16.8. The number of nitrogens with zero attached hydrogens (tertiary/aromatic N) is 2. The van der Waals surface area contributed by atoms with E-state index in [-0.39, 0.29) is 5.69 Å². The van der Waals surface area contributed by atoms with Gasteiger partial charge in [-0.05, 0) is 32.0 Å². The number of pyridine rings is 1. The van der Waals surface area contributed by atoms with E-state index in [2.05, 4.69) is 22.2 Å². The Bertz CT molecular complexity index is 404. The summed E-state index contributed by atoms with van der Waals surface area (Å²) in [6, 6.07) is 4.09. The van der Waals surface area contributed by atoms with Crippen molar-refractivity contribution in [2.75, 3.05) is 25.5 Å². The highest BCUT2D eigenvalue weighted by Crippen LogP contribution is 2.24. The Hall–Kier alpha value is -1.62. The Labute approximate surface area is 100 Å². The summed E-state index contributed by atoms with van der Waals surface area (Å²) in [7, 11) is 2.12. The number of rotatable bonds is 6. The summed E-state index contributed by atoms with van der Waals surface area (Å²) in [6.45, 7) is 1.78. The molecule has 92 valence electrons. The molecule has 0 amide bonds. The summed E-state index contributed by atoms with van der Waals surface area (Å²) < 4.78 is 0. The Kier molecular flexibility index (Phi) is 3.58. The molecule has 1 heterocycles. The minimum absolute atomic E-state index is 0.0746. The van der Waals surface area contributed by atoms with Gasteiger partial charge in [-0.25, -0.2) is 9.78 Å². The molecular weight excluding hydrogens is 218 g/mol. The van der Waals surface area contributed by atoms with Crippen LogP contribution in [0, 0.1) is 0 Å². The molecule has 0 unspecified atom stereocenters. The van der Waals surface area contributed by atoms with Crippen molar-refractivity contribution in [1.82, 2.24) is 9.88 Å². The van der Waals surface area contributed by atoms with E-state index >= 15 is 0 Å². The molecule has 1 saturated carbocycles. The predicted molar refractivity (Wildman–Crippen MR) is 65.3 cm³/mol. The second-order valence-corrected chi connectivity index (χ2v) is 4.37. The van der Waals surface area contributed by atoms with Gasteiger partial charge in [0.2, 0.25) is 0 Å². The van der Waals surface area contributed by atoms with Crippen LogP contribution in [0.25, 0.3) is 0 Å². The lowest BCUT2D eigenvalue weighted by molar-refractivity contribution is 0.0690. The van der Waals surface area contributed by atoms with Crippen LogP contribution in [0.4, 0.5) is 5.69 Å². The molecule has 5 nitrogen and oxygen atoms in total. The number of hydrogen-bond donors (Lipinski definition) is 2. The first kappa shape index (κ1) is 11.9. The van der Waals surface area contributed by atoms with Crippen molar-refractivity contribution in [3.8, 4) is 0 Å². The van der Waals surface area contributed by atoms with E-state index in [9.17, 15) is 4.79 Å². The highest BCUT2D eigenvalue weighted by Gasteiger charge is 2.25. The van der Waals surface area contributed by atoms with Crippen molar-refractivity contribution in [2.24, 2.45) is 0 Å². The fraction of sp³-hybridized carbons (Fsp3) is 0.500. The molecule has 0 radical (unpaired) electrons. The average Bonchev–Trinajstić information content (AvgIpc) is 3.13. The molecule has 1 fully saturated rings. The van der Waals surface area contributed by atoms with E-state index < -0.39 is 5.97 Å². The monoisotopic (exact) mass is 235 g/mol. The van der Waals surface area contributed by atoms with E-state index in [1.165, 1.54) is 19.0 Å². The van der Waals surface area contributed by atoms with Gasteiger partial charge in [-0.3, -0.25) is 0 Å². The van der Waals surface area contributed by atoms with Crippen LogP contribution in [0.15, 0.2) is 18.3 Å². The van der Waals surface area contributed by atoms with Crippen LogP contribution in [0.5, 0.6) is 0 Å². The van der Waals surface area contributed by atoms with Gasteiger partial charge < -0.3 is 15.3 Å². The van der Waals surface area contributed by atoms with Crippen LogP contribution in [0.1, 0.15) is 23.3 Å². The van der Waals surface area contributed by atoms with Gasteiger partial charge in [-0.2, -0.15) is 0 Å². The lowest BCUT2D eigenvalue weighted by atomic mass is 10.3. The number of nitrogens with one attached hydrogen (secondary N) is 1. The highest BCUT2D eigenvalue weighted by atomic mass is 16.4. The number of likely N-dealkylation sites (N-methyl/N-ethyl adjacent to an activating group) is 1. The molecule has 0 atom stereocenters. The first-order chi connectivity index (χ1) is 8.16. The number of carbonyl (C=O) groups is 1. The van der Waals surface area contributed by atoms with Crippen molar-refractivity contribution in [3.05, 3.63) is 24.0 Å². The first-order valence-corrected chi connectivity index (χ1v) is 5.80. The summed E-state index contributed by atoms with van der Waals surface area (Å²) in [5.74, 6) is -0.997. The van der Waals surface area contributed by atoms with Gasteiger partial charge in [0.1, 0.15) is 5.69 Å². The maximum atomic E-state index is 10.7. The molecule has 1 aliphatic carbocycles. The smallest absolute Gasteiger partial charge is 0.354 e. The Morgan fingerprint density at radius 3 is 3.06 bits per heavy atom. The Morgan fingerprint density at radius 1 is 1.65 bits per heavy atom. The quantitative estimate of drug-likeness (QED) is 0.777. The second kappa shape index (κ2) is 5.14. The van der Waals surface area contributed by atoms with Gasteiger partial charge >= 0.3 is 5.97 Å². The number of carboxylic acid groups (broad SMARTS) is 1. The van der Waals surface area contributed by atoms with Gasteiger partial charge in [-0.15, -0.1) is 0 Å². The SMILES string of the molecule is CN(CCNc1ccnc(C(=O)O)c1)C1CC1. The maximum Gasteiger partial charge on any atom is 0.354 e. The van der Waals surface area contributed by atoms with Crippen LogP contribution in [0.2, 0.25) is 0 Å². The molecule has 0 bridgehead atoms. The molecule has 5 heteroatoms. The third kappa shape index (κ3) is 3.42. The zero-order valence-electron chi connectivity index (χ0n) is 9.89. The lowest BCUT2D eigenvalue weighted by Crippen LogP contribution is -2.27. The van der Waals surface area contributed by atoms with Gasteiger partial charge in [0.05, 0.1) is 0 Å². The summed E-state index contributed by atoms with van der Waals surface area (Å²) in [5, 5.41) is 12.0. The third-order valence-electron chi connectivity index (χ3n) is 2.94. The summed E-state index contributed by atoms with van der Waals surface area (Å²) in [5.41, 5.74) is 0.882. The van der Waals surface area contributed by atoms with Crippen molar-refractivity contribution in [3.63, 3.8) is 0 Å². The van der Waals surface area contributed by atoms with Crippen LogP contribution >= 0.6 is 0 Å². The normalized spacial score (nSPS) is 14.9. The van der Waals surface area contributed by atoms with Gasteiger partial charge in [0, 0.05) is 31.0 Å². The fourth-order valence-electron chi connectivity index (χ4n) is 1.73. The molecule has 0 spiro atoms. The molecule has 0 aliphatic heterocycles. The lowest BCUT2D eigenvalue weighted by Gasteiger charge is -2.16. The van der Waals surface area contributed by atoms with E-state index in [4.69, 9.17) is 5.11 Å². The second-order valence-electron chi connectivity index (χ2n) is 4.37. The molecule has 1 aromatic heterocycles. The van der Waals surface area contributed by atoms with E-state index in [0.717, 1.165) is 24.8 Å². The molecule has 0 aromatic carbocycles. The van der Waals surface area contributed by atoms with Crippen LogP contribution in [-0.2, 0) is 0 Å². The molecule has 0 saturated heterocycles. The minimum atomic E-state index is -0.997. The summed E-state index contributed by atoms with van der Waals surface area (Å²) in [6.07, 6.45) is 4.11. The molecule has 2 N–H and O–H groups in total. The number of anilines is 1. The minimum Gasteiger partial charge on any atom is -0.477 e. The zero-order valence-corrected chi connectivity index (χ0v) is 9.89. The number of hydrogen-bond acceptors (Lipinski definition) is 4.